The Kier molecular flexibility index (Phi) is 11.3. The van der Waals surface area contributed by atoms with Crippen LogP contribution < -0.4 is 10.6 Å². The molecule has 0 heterocycles. The number of carbonyl (C=O) groups is 4. The van der Waals surface area contributed by atoms with Crippen LogP contribution >= 0.6 is 23.5 Å². The molecule has 0 saturated heterocycles. The highest BCUT2D eigenvalue weighted by Crippen LogP contribution is 2.14. The normalized spacial score (nSPS) is 12.7. The van der Waals surface area contributed by atoms with Gasteiger partial charge in [-0.2, -0.15) is 0 Å². The fourth-order valence-electron chi connectivity index (χ4n) is 2.79. The van der Waals surface area contributed by atoms with Gasteiger partial charge in [-0.15, -0.1) is 0 Å². The number of Topliss-reactive ketones (excluding diaryl/α,β-unsaturated/α-hetero) is 1. The number of thioether (sulfide) groups is 2. The Bertz CT molecular complexity index is 938. The molecule has 2 aromatic carbocycles. The number of hydrogen-bond donors (Lipinski definition) is 3. The van der Waals surface area contributed by atoms with E-state index < -0.39 is 18.2 Å². The highest BCUT2D eigenvalue weighted by Gasteiger charge is 2.24. The van der Waals surface area contributed by atoms with E-state index >= 15 is 0 Å². The smallest absolute Gasteiger partial charge is 0.230 e. The molecular formula is C24H28N2O5S2. The second-order valence-electron chi connectivity index (χ2n) is 7.50. The molecule has 0 saturated carbocycles. The summed E-state index contributed by atoms with van der Waals surface area (Å²) in [4.78, 5) is 49.0. The van der Waals surface area contributed by atoms with Crippen LogP contribution in [0.25, 0.3) is 0 Å². The van der Waals surface area contributed by atoms with E-state index in [4.69, 9.17) is 0 Å². The second kappa shape index (κ2) is 13.9. The van der Waals surface area contributed by atoms with Crippen LogP contribution in [0.1, 0.15) is 34.6 Å². The zero-order valence-electron chi connectivity index (χ0n) is 18.5. The number of rotatable bonds is 12. The second-order valence-corrected chi connectivity index (χ2v) is 9.44. The summed E-state index contributed by atoms with van der Waals surface area (Å²) in [6.45, 7) is 3.42. The Hall–Kier alpha value is -2.46. The largest absolute Gasteiger partial charge is 0.378 e. The lowest BCUT2D eigenvalue weighted by molar-refractivity contribution is -0.125. The van der Waals surface area contributed by atoms with Crippen molar-refractivity contribution in [3.05, 3.63) is 71.8 Å². The van der Waals surface area contributed by atoms with Gasteiger partial charge in [-0.1, -0.05) is 98.0 Å². The predicted molar refractivity (Wildman–Crippen MR) is 132 cm³/mol. The minimum absolute atomic E-state index is 0.0374. The molecule has 3 N–H and O–H groups in total. The van der Waals surface area contributed by atoms with Gasteiger partial charge in [0.25, 0.3) is 0 Å². The lowest BCUT2D eigenvalue weighted by Crippen LogP contribution is -2.52. The van der Waals surface area contributed by atoms with Gasteiger partial charge in [-0.3, -0.25) is 24.5 Å². The number of aliphatic hydroxyl groups excluding tert-OH is 1. The summed E-state index contributed by atoms with van der Waals surface area (Å²) in [5.74, 6) is -0.928. The first-order chi connectivity index (χ1) is 15.8. The molecule has 0 aliphatic rings. The van der Waals surface area contributed by atoms with Crippen molar-refractivity contribution in [2.45, 2.75) is 26.1 Å². The molecule has 33 heavy (non-hydrogen) atoms. The molecule has 7 nitrogen and oxygen atoms in total. The van der Waals surface area contributed by atoms with Crippen molar-refractivity contribution in [2.24, 2.45) is 5.92 Å². The van der Waals surface area contributed by atoms with E-state index in [0.29, 0.717) is 11.1 Å². The molecular weight excluding hydrogens is 460 g/mol. The van der Waals surface area contributed by atoms with E-state index in [2.05, 4.69) is 10.6 Å². The van der Waals surface area contributed by atoms with Crippen molar-refractivity contribution in [1.29, 1.82) is 0 Å². The third-order valence-corrected chi connectivity index (χ3v) is 6.42. The molecule has 0 fully saturated rings. The lowest BCUT2D eigenvalue weighted by atomic mass is 10.0. The molecule has 176 valence electrons. The first-order valence-corrected chi connectivity index (χ1v) is 12.4. The van der Waals surface area contributed by atoms with E-state index in [1.165, 1.54) is 0 Å². The average molecular weight is 489 g/mol. The van der Waals surface area contributed by atoms with Gasteiger partial charge in [0.15, 0.2) is 5.78 Å². The summed E-state index contributed by atoms with van der Waals surface area (Å²) in [5.41, 5.74) is 1.04. The SMILES string of the molecule is CC(C)C(=O)C(CNC(=O)CSC(=O)c1ccccc1)NC(O)CSC(=O)c1ccccc1. The van der Waals surface area contributed by atoms with Crippen LogP contribution in [0.2, 0.25) is 0 Å². The topological polar surface area (TPSA) is 113 Å². The third-order valence-electron chi connectivity index (χ3n) is 4.54. The van der Waals surface area contributed by atoms with E-state index in [0.717, 1.165) is 23.5 Å². The maximum Gasteiger partial charge on any atom is 0.230 e. The molecule has 0 aliphatic carbocycles. The molecule has 2 unspecified atom stereocenters. The van der Waals surface area contributed by atoms with E-state index in [1.807, 2.05) is 6.07 Å². The van der Waals surface area contributed by atoms with Gasteiger partial charge in [0.05, 0.1) is 11.8 Å². The highest BCUT2D eigenvalue weighted by molar-refractivity contribution is 8.14. The molecule has 9 heteroatoms. The first-order valence-electron chi connectivity index (χ1n) is 10.5. The summed E-state index contributed by atoms with van der Waals surface area (Å²) in [7, 11) is 0. The van der Waals surface area contributed by atoms with Gasteiger partial charge < -0.3 is 10.4 Å². The van der Waals surface area contributed by atoms with Crippen molar-refractivity contribution in [2.75, 3.05) is 18.1 Å². The van der Waals surface area contributed by atoms with Gasteiger partial charge in [0.1, 0.15) is 6.23 Å². The third kappa shape index (κ3) is 9.51. The molecule has 0 radical (unpaired) electrons. The Morgan fingerprint density at radius 2 is 1.36 bits per heavy atom. The van der Waals surface area contributed by atoms with Crippen LogP contribution in [0.4, 0.5) is 0 Å². The summed E-state index contributed by atoms with van der Waals surface area (Å²) in [6, 6.07) is 16.5. The Morgan fingerprint density at radius 3 is 1.88 bits per heavy atom. The van der Waals surface area contributed by atoms with Crippen molar-refractivity contribution >= 4 is 45.4 Å². The van der Waals surface area contributed by atoms with Gasteiger partial charge in [-0.05, 0) is 0 Å². The van der Waals surface area contributed by atoms with Gasteiger partial charge in [0, 0.05) is 29.3 Å². The molecule has 0 aliphatic heterocycles. The molecule has 0 spiro atoms. The molecule has 0 bridgehead atoms. The first kappa shape index (κ1) is 26.8. The monoisotopic (exact) mass is 488 g/mol. The van der Waals surface area contributed by atoms with Crippen LogP contribution in [-0.2, 0) is 9.59 Å². The minimum Gasteiger partial charge on any atom is -0.378 e. The van der Waals surface area contributed by atoms with E-state index in [-0.39, 0.29) is 40.0 Å². The Balaban J connectivity index is 1.82. The number of nitrogens with one attached hydrogen (secondary N) is 2. The van der Waals surface area contributed by atoms with Gasteiger partial charge in [0.2, 0.25) is 16.1 Å². The maximum absolute atomic E-state index is 12.5. The zero-order chi connectivity index (χ0) is 24.2. The maximum atomic E-state index is 12.5. The fourth-order valence-corrected chi connectivity index (χ4v) is 4.17. The number of benzene rings is 2. The van der Waals surface area contributed by atoms with E-state index in [1.54, 1.807) is 68.4 Å². The molecule has 0 aromatic heterocycles. The zero-order valence-corrected chi connectivity index (χ0v) is 20.2. The summed E-state index contributed by atoms with van der Waals surface area (Å²) in [5, 5.41) is 15.4. The Morgan fingerprint density at radius 1 is 0.848 bits per heavy atom. The summed E-state index contributed by atoms with van der Waals surface area (Å²) >= 11 is 1.82. The number of hydrogen-bond acceptors (Lipinski definition) is 8. The van der Waals surface area contributed by atoms with Crippen molar-refractivity contribution in [3.63, 3.8) is 0 Å². The Labute approximate surface area is 202 Å². The summed E-state index contributed by atoms with van der Waals surface area (Å²) in [6.07, 6.45) is -1.12. The van der Waals surface area contributed by atoms with Crippen molar-refractivity contribution < 1.29 is 24.3 Å². The van der Waals surface area contributed by atoms with Crippen molar-refractivity contribution in [3.8, 4) is 0 Å². The lowest BCUT2D eigenvalue weighted by Gasteiger charge is -2.23. The van der Waals surface area contributed by atoms with Crippen molar-refractivity contribution in [1.82, 2.24) is 10.6 Å². The number of carbonyl (C=O) groups excluding carboxylic acids is 4. The number of aliphatic hydroxyl groups is 1. The van der Waals surface area contributed by atoms with Gasteiger partial charge in [-0.25, -0.2) is 0 Å². The van der Waals surface area contributed by atoms with E-state index in [9.17, 15) is 24.3 Å². The highest BCUT2D eigenvalue weighted by atomic mass is 32.2. The molecule has 2 atom stereocenters. The standard InChI is InChI=1S/C24H28N2O5S2/c1-16(2)22(29)19(26-21(28)15-33-24(31)18-11-7-4-8-12-18)13-25-20(27)14-32-23(30)17-9-5-3-6-10-17/h3-12,16,19,21,26,28H,13-15H2,1-2H3,(H,25,27). The van der Waals surface area contributed by atoms with Gasteiger partial charge >= 0.3 is 0 Å². The molecule has 1 amide bonds. The minimum atomic E-state index is -1.12. The number of ketones is 1. The molecule has 2 rings (SSSR count). The van der Waals surface area contributed by atoms with Crippen LogP contribution in [0.15, 0.2) is 60.7 Å². The number of amides is 1. The quantitative estimate of drug-likeness (QED) is 0.391. The average Bonchev–Trinajstić information content (AvgIpc) is 2.84. The van der Waals surface area contributed by atoms with Crippen LogP contribution in [0.3, 0.4) is 0 Å². The van der Waals surface area contributed by atoms with Crippen LogP contribution in [0.5, 0.6) is 0 Å². The van der Waals surface area contributed by atoms with Crippen LogP contribution in [0, 0.1) is 5.92 Å². The molecule has 2 aromatic rings. The fraction of sp³-hybridized carbons (Fsp3) is 0.333. The van der Waals surface area contributed by atoms with Crippen LogP contribution in [-0.4, -0.2) is 57.3 Å². The summed E-state index contributed by atoms with van der Waals surface area (Å²) < 4.78 is 0. The predicted octanol–water partition coefficient (Wildman–Crippen LogP) is 2.75.